The van der Waals surface area contributed by atoms with Crippen LogP contribution in [0.25, 0.3) is 0 Å². The normalized spacial score (nSPS) is 15.9. The predicted octanol–water partition coefficient (Wildman–Crippen LogP) is 3.77. The minimum Gasteiger partial charge on any atom is -0.496 e. The Labute approximate surface area is 122 Å². The van der Waals surface area contributed by atoms with E-state index in [1.54, 1.807) is 25.3 Å². The average Bonchev–Trinajstić information content (AvgIpc) is 3.16. The molecule has 0 radical (unpaired) electrons. The zero-order chi connectivity index (χ0) is 13.9. The second-order valence-corrected chi connectivity index (χ2v) is 6.14. The molecule has 0 bridgehead atoms. The molecule has 1 aromatic rings. The standard InChI is InChI=1S/C15H20BrNO2/c1-3-6-15(7-8-15)10-17-14(18)11-4-5-13(19-2)12(16)9-11/h4-5,9H,3,6-8,10H2,1-2H3,(H,17,18). The first-order valence-electron chi connectivity index (χ1n) is 6.72. The van der Waals surface area contributed by atoms with Gasteiger partial charge in [-0.3, -0.25) is 4.79 Å². The van der Waals surface area contributed by atoms with Crippen molar-refractivity contribution in [2.45, 2.75) is 32.6 Å². The Hall–Kier alpha value is -1.03. The fraction of sp³-hybridized carbons (Fsp3) is 0.533. The number of amides is 1. The molecule has 104 valence electrons. The molecular formula is C15H20BrNO2. The van der Waals surface area contributed by atoms with Crippen molar-refractivity contribution in [2.24, 2.45) is 5.41 Å². The molecule has 0 spiro atoms. The number of hydrogen-bond acceptors (Lipinski definition) is 2. The summed E-state index contributed by atoms with van der Waals surface area (Å²) in [5.41, 5.74) is 1.05. The molecule has 1 aromatic carbocycles. The Balaban J connectivity index is 1.95. The molecular weight excluding hydrogens is 306 g/mol. The highest BCUT2D eigenvalue weighted by molar-refractivity contribution is 9.10. The van der Waals surface area contributed by atoms with Gasteiger partial charge in [0.1, 0.15) is 5.75 Å². The highest BCUT2D eigenvalue weighted by Gasteiger charge is 2.41. The number of benzene rings is 1. The van der Waals surface area contributed by atoms with Gasteiger partial charge < -0.3 is 10.1 Å². The molecule has 0 atom stereocenters. The van der Waals surface area contributed by atoms with E-state index in [9.17, 15) is 4.79 Å². The van der Waals surface area contributed by atoms with Crippen molar-refractivity contribution >= 4 is 21.8 Å². The number of nitrogens with one attached hydrogen (secondary N) is 1. The number of hydrogen-bond donors (Lipinski definition) is 1. The summed E-state index contributed by atoms with van der Waals surface area (Å²) in [6, 6.07) is 5.39. The van der Waals surface area contributed by atoms with E-state index in [2.05, 4.69) is 28.2 Å². The van der Waals surface area contributed by atoms with Gasteiger partial charge in [0.15, 0.2) is 0 Å². The Bertz CT molecular complexity index is 469. The quantitative estimate of drug-likeness (QED) is 0.864. The Morgan fingerprint density at radius 3 is 2.74 bits per heavy atom. The van der Waals surface area contributed by atoms with Crippen LogP contribution in [-0.4, -0.2) is 19.6 Å². The summed E-state index contributed by atoms with van der Waals surface area (Å²) in [6.45, 7) is 2.99. The van der Waals surface area contributed by atoms with E-state index >= 15 is 0 Å². The largest absolute Gasteiger partial charge is 0.496 e. The second-order valence-electron chi connectivity index (χ2n) is 5.28. The van der Waals surface area contributed by atoms with Gasteiger partial charge in [0.2, 0.25) is 0 Å². The molecule has 1 N–H and O–H groups in total. The van der Waals surface area contributed by atoms with Crippen LogP contribution in [0.1, 0.15) is 43.0 Å². The summed E-state index contributed by atoms with van der Waals surface area (Å²) in [5.74, 6) is 0.729. The lowest BCUT2D eigenvalue weighted by atomic mass is 10.0. The van der Waals surface area contributed by atoms with E-state index < -0.39 is 0 Å². The van der Waals surface area contributed by atoms with Crippen LogP contribution in [0.3, 0.4) is 0 Å². The first-order valence-corrected chi connectivity index (χ1v) is 7.51. The Kier molecular flexibility index (Phi) is 4.50. The van der Waals surface area contributed by atoms with Gasteiger partial charge in [-0.1, -0.05) is 13.3 Å². The highest BCUT2D eigenvalue weighted by atomic mass is 79.9. The van der Waals surface area contributed by atoms with E-state index in [4.69, 9.17) is 4.74 Å². The molecule has 0 unspecified atom stereocenters. The molecule has 2 rings (SSSR count). The van der Waals surface area contributed by atoms with E-state index in [-0.39, 0.29) is 5.91 Å². The summed E-state index contributed by atoms with van der Waals surface area (Å²) < 4.78 is 5.96. The monoisotopic (exact) mass is 325 g/mol. The van der Waals surface area contributed by atoms with E-state index in [0.29, 0.717) is 11.0 Å². The Morgan fingerprint density at radius 1 is 1.47 bits per heavy atom. The molecule has 1 aliphatic rings. The number of methoxy groups -OCH3 is 1. The third-order valence-corrected chi connectivity index (χ3v) is 4.40. The van der Waals surface area contributed by atoms with Crippen molar-refractivity contribution in [3.8, 4) is 5.75 Å². The van der Waals surface area contributed by atoms with Crippen LogP contribution in [0.4, 0.5) is 0 Å². The van der Waals surface area contributed by atoms with E-state index in [0.717, 1.165) is 16.8 Å². The molecule has 0 heterocycles. The summed E-state index contributed by atoms with van der Waals surface area (Å²) in [5, 5.41) is 3.05. The molecule has 1 saturated carbocycles. The molecule has 19 heavy (non-hydrogen) atoms. The van der Waals surface area contributed by atoms with Crippen LogP contribution in [0.15, 0.2) is 22.7 Å². The molecule has 0 aromatic heterocycles. The van der Waals surface area contributed by atoms with Gasteiger partial charge in [-0.2, -0.15) is 0 Å². The van der Waals surface area contributed by atoms with Gasteiger partial charge in [-0.25, -0.2) is 0 Å². The minimum absolute atomic E-state index is 0.00858. The van der Waals surface area contributed by atoms with Gasteiger partial charge in [0.05, 0.1) is 11.6 Å². The number of halogens is 1. The highest BCUT2D eigenvalue weighted by Crippen LogP contribution is 2.48. The third-order valence-electron chi connectivity index (χ3n) is 3.78. The lowest BCUT2D eigenvalue weighted by Gasteiger charge is -2.15. The number of carbonyl (C=O) groups excluding carboxylic acids is 1. The lowest BCUT2D eigenvalue weighted by molar-refractivity contribution is 0.0943. The fourth-order valence-electron chi connectivity index (χ4n) is 2.40. The number of ether oxygens (including phenoxy) is 1. The van der Waals surface area contributed by atoms with Crippen molar-refractivity contribution in [2.75, 3.05) is 13.7 Å². The van der Waals surface area contributed by atoms with Gasteiger partial charge in [0.25, 0.3) is 5.91 Å². The number of rotatable bonds is 6. The van der Waals surface area contributed by atoms with Crippen molar-refractivity contribution in [1.29, 1.82) is 0 Å². The fourth-order valence-corrected chi connectivity index (χ4v) is 2.94. The third kappa shape index (κ3) is 3.50. The SMILES string of the molecule is CCCC1(CNC(=O)c2ccc(OC)c(Br)c2)CC1. The summed E-state index contributed by atoms with van der Waals surface area (Å²) in [7, 11) is 1.61. The summed E-state index contributed by atoms with van der Waals surface area (Å²) in [4.78, 5) is 12.1. The molecule has 1 fully saturated rings. The first-order chi connectivity index (χ1) is 9.10. The van der Waals surface area contributed by atoms with Crippen molar-refractivity contribution in [3.05, 3.63) is 28.2 Å². The summed E-state index contributed by atoms with van der Waals surface area (Å²) in [6.07, 6.45) is 4.88. The first kappa shape index (κ1) is 14.4. The molecule has 0 saturated heterocycles. The molecule has 1 aliphatic carbocycles. The Morgan fingerprint density at radius 2 is 2.21 bits per heavy atom. The maximum atomic E-state index is 12.1. The van der Waals surface area contributed by atoms with Crippen LogP contribution >= 0.6 is 15.9 Å². The zero-order valence-corrected chi connectivity index (χ0v) is 13.0. The van der Waals surface area contributed by atoms with Crippen LogP contribution in [0, 0.1) is 5.41 Å². The zero-order valence-electron chi connectivity index (χ0n) is 11.5. The van der Waals surface area contributed by atoms with Crippen molar-refractivity contribution in [1.82, 2.24) is 5.32 Å². The maximum Gasteiger partial charge on any atom is 0.251 e. The van der Waals surface area contributed by atoms with Crippen molar-refractivity contribution < 1.29 is 9.53 Å². The van der Waals surface area contributed by atoms with Gasteiger partial charge in [-0.05, 0) is 58.8 Å². The average molecular weight is 326 g/mol. The lowest BCUT2D eigenvalue weighted by Crippen LogP contribution is -2.30. The molecule has 0 aliphatic heterocycles. The van der Waals surface area contributed by atoms with Crippen LogP contribution in [0.2, 0.25) is 0 Å². The maximum absolute atomic E-state index is 12.1. The predicted molar refractivity (Wildman–Crippen MR) is 79.6 cm³/mol. The van der Waals surface area contributed by atoms with E-state index in [1.807, 2.05) is 0 Å². The van der Waals surface area contributed by atoms with Gasteiger partial charge in [0, 0.05) is 12.1 Å². The van der Waals surface area contributed by atoms with Gasteiger partial charge >= 0.3 is 0 Å². The summed E-state index contributed by atoms with van der Waals surface area (Å²) >= 11 is 3.40. The minimum atomic E-state index is -0.00858. The van der Waals surface area contributed by atoms with Crippen LogP contribution in [-0.2, 0) is 0 Å². The van der Waals surface area contributed by atoms with Crippen LogP contribution in [0.5, 0.6) is 5.75 Å². The second kappa shape index (κ2) is 5.95. The van der Waals surface area contributed by atoms with Gasteiger partial charge in [-0.15, -0.1) is 0 Å². The topological polar surface area (TPSA) is 38.3 Å². The smallest absolute Gasteiger partial charge is 0.251 e. The van der Waals surface area contributed by atoms with Crippen LogP contribution < -0.4 is 10.1 Å². The van der Waals surface area contributed by atoms with E-state index in [1.165, 1.54) is 25.7 Å². The number of carbonyl (C=O) groups is 1. The van der Waals surface area contributed by atoms with Crippen molar-refractivity contribution in [3.63, 3.8) is 0 Å². The molecule has 1 amide bonds. The molecule has 3 nitrogen and oxygen atoms in total. The molecule has 4 heteroatoms.